The maximum atomic E-state index is 12.2. The van der Waals surface area contributed by atoms with E-state index in [0.29, 0.717) is 6.42 Å². The van der Waals surface area contributed by atoms with Crippen LogP contribution in [0, 0.1) is 5.92 Å². The molecule has 0 aliphatic carbocycles. The Balaban J connectivity index is 4.70. The standard InChI is InChI=1S/C14H25N5O6/c1-3-7(2)12(19-10(21)5-15)13(23)17-6-11(22)18-8(14(24)25)4-9(16)20/h7-8,12H,3-6,15H2,1-2H3,(H2,16,20)(H,17,23)(H,18,22)(H,19,21)(H,24,25). The maximum Gasteiger partial charge on any atom is 0.326 e. The van der Waals surface area contributed by atoms with E-state index in [-0.39, 0.29) is 12.5 Å². The average molecular weight is 359 g/mol. The zero-order chi connectivity index (χ0) is 19.6. The molecule has 0 heterocycles. The van der Waals surface area contributed by atoms with Crippen molar-refractivity contribution in [3.8, 4) is 0 Å². The Kier molecular flexibility index (Phi) is 9.79. The molecule has 11 nitrogen and oxygen atoms in total. The highest BCUT2D eigenvalue weighted by Gasteiger charge is 2.27. The number of primary amides is 1. The van der Waals surface area contributed by atoms with Gasteiger partial charge in [-0.2, -0.15) is 0 Å². The van der Waals surface area contributed by atoms with Gasteiger partial charge in [-0.3, -0.25) is 19.2 Å². The van der Waals surface area contributed by atoms with Gasteiger partial charge in [0.05, 0.1) is 19.5 Å². The van der Waals surface area contributed by atoms with E-state index < -0.39 is 54.6 Å². The van der Waals surface area contributed by atoms with E-state index in [4.69, 9.17) is 16.6 Å². The van der Waals surface area contributed by atoms with Gasteiger partial charge in [0.1, 0.15) is 12.1 Å². The maximum absolute atomic E-state index is 12.2. The van der Waals surface area contributed by atoms with Gasteiger partial charge in [0, 0.05) is 0 Å². The van der Waals surface area contributed by atoms with E-state index in [1.165, 1.54) is 0 Å². The summed E-state index contributed by atoms with van der Waals surface area (Å²) in [6.45, 7) is 2.77. The average Bonchev–Trinajstić information content (AvgIpc) is 2.55. The lowest BCUT2D eigenvalue weighted by molar-refractivity contribution is -0.143. The SMILES string of the molecule is CCC(C)C(NC(=O)CN)C(=O)NCC(=O)NC(CC(N)=O)C(=O)O. The molecule has 0 saturated heterocycles. The first-order chi connectivity index (χ1) is 11.6. The Hall–Kier alpha value is -2.69. The first-order valence-corrected chi connectivity index (χ1v) is 7.69. The van der Waals surface area contributed by atoms with Gasteiger partial charge >= 0.3 is 5.97 Å². The second-order valence-corrected chi connectivity index (χ2v) is 5.48. The lowest BCUT2D eigenvalue weighted by atomic mass is 9.98. The summed E-state index contributed by atoms with van der Waals surface area (Å²) in [5, 5.41) is 15.7. The minimum Gasteiger partial charge on any atom is -0.480 e. The highest BCUT2D eigenvalue weighted by atomic mass is 16.4. The predicted molar refractivity (Wildman–Crippen MR) is 86.8 cm³/mol. The summed E-state index contributed by atoms with van der Waals surface area (Å²) in [6, 6.07) is -2.36. The van der Waals surface area contributed by atoms with Crippen LogP contribution in [0.1, 0.15) is 26.7 Å². The Bertz CT molecular complexity index is 524. The van der Waals surface area contributed by atoms with Crippen molar-refractivity contribution in [3.05, 3.63) is 0 Å². The molecule has 0 aromatic rings. The molecule has 142 valence electrons. The topological polar surface area (TPSA) is 194 Å². The minimum atomic E-state index is -1.48. The largest absolute Gasteiger partial charge is 0.480 e. The number of nitrogens with two attached hydrogens (primary N) is 2. The third-order valence-electron chi connectivity index (χ3n) is 3.46. The minimum absolute atomic E-state index is 0.208. The smallest absolute Gasteiger partial charge is 0.326 e. The molecule has 0 aromatic heterocycles. The van der Waals surface area contributed by atoms with Crippen LogP contribution >= 0.6 is 0 Å². The fourth-order valence-electron chi connectivity index (χ4n) is 1.86. The number of nitrogens with one attached hydrogen (secondary N) is 3. The quantitative estimate of drug-likeness (QED) is 0.227. The van der Waals surface area contributed by atoms with Crippen molar-refractivity contribution < 1.29 is 29.1 Å². The van der Waals surface area contributed by atoms with Crippen molar-refractivity contribution in [2.45, 2.75) is 38.8 Å². The number of hydrogen-bond donors (Lipinski definition) is 6. The highest BCUT2D eigenvalue weighted by Crippen LogP contribution is 2.07. The van der Waals surface area contributed by atoms with Crippen molar-refractivity contribution >= 4 is 29.6 Å². The van der Waals surface area contributed by atoms with Crippen LogP contribution in [0.25, 0.3) is 0 Å². The predicted octanol–water partition coefficient (Wildman–Crippen LogP) is -2.96. The Morgan fingerprint density at radius 3 is 2.12 bits per heavy atom. The van der Waals surface area contributed by atoms with Crippen LogP contribution in [0.4, 0.5) is 0 Å². The van der Waals surface area contributed by atoms with Crippen molar-refractivity contribution in [1.29, 1.82) is 0 Å². The van der Waals surface area contributed by atoms with Gasteiger partial charge in [-0.15, -0.1) is 0 Å². The molecule has 0 saturated carbocycles. The van der Waals surface area contributed by atoms with Crippen molar-refractivity contribution in [2.75, 3.05) is 13.1 Å². The molecule has 0 aliphatic heterocycles. The van der Waals surface area contributed by atoms with E-state index in [0.717, 1.165) is 0 Å². The van der Waals surface area contributed by atoms with Gasteiger partial charge in [0.25, 0.3) is 0 Å². The summed E-state index contributed by atoms with van der Waals surface area (Å²) < 4.78 is 0. The molecule has 25 heavy (non-hydrogen) atoms. The van der Waals surface area contributed by atoms with Gasteiger partial charge in [0.2, 0.25) is 23.6 Å². The number of carboxylic acids is 1. The number of rotatable bonds is 11. The summed E-state index contributed by atoms with van der Waals surface area (Å²) in [4.78, 5) is 57.0. The van der Waals surface area contributed by atoms with Crippen LogP contribution in [0.5, 0.6) is 0 Å². The second-order valence-electron chi connectivity index (χ2n) is 5.48. The normalized spacial score (nSPS) is 13.9. The van der Waals surface area contributed by atoms with Crippen LogP contribution in [-0.4, -0.2) is 59.9 Å². The van der Waals surface area contributed by atoms with Gasteiger partial charge < -0.3 is 32.5 Å². The molecule has 0 bridgehead atoms. The lowest BCUT2D eigenvalue weighted by Gasteiger charge is -2.23. The number of amides is 4. The van der Waals surface area contributed by atoms with E-state index in [9.17, 15) is 24.0 Å². The molecular weight excluding hydrogens is 334 g/mol. The molecular formula is C14H25N5O6. The van der Waals surface area contributed by atoms with E-state index in [1.54, 1.807) is 6.92 Å². The van der Waals surface area contributed by atoms with Crippen LogP contribution in [-0.2, 0) is 24.0 Å². The van der Waals surface area contributed by atoms with Crippen molar-refractivity contribution in [3.63, 3.8) is 0 Å². The molecule has 0 fully saturated rings. The van der Waals surface area contributed by atoms with Crippen LogP contribution < -0.4 is 27.4 Å². The summed E-state index contributed by atoms with van der Waals surface area (Å²) in [7, 11) is 0. The third-order valence-corrected chi connectivity index (χ3v) is 3.46. The Morgan fingerprint density at radius 1 is 1.08 bits per heavy atom. The number of carbonyl (C=O) groups excluding carboxylic acids is 4. The number of carboxylic acid groups (broad SMARTS) is 1. The molecule has 0 radical (unpaired) electrons. The zero-order valence-electron chi connectivity index (χ0n) is 14.2. The lowest BCUT2D eigenvalue weighted by Crippen LogP contribution is -2.54. The van der Waals surface area contributed by atoms with Crippen LogP contribution in [0.3, 0.4) is 0 Å². The highest BCUT2D eigenvalue weighted by molar-refractivity contribution is 5.92. The molecule has 0 aromatic carbocycles. The number of hydrogen-bond acceptors (Lipinski definition) is 6. The van der Waals surface area contributed by atoms with Crippen molar-refractivity contribution in [2.24, 2.45) is 17.4 Å². The molecule has 8 N–H and O–H groups in total. The molecule has 0 spiro atoms. The molecule has 11 heteroatoms. The second kappa shape index (κ2) is 11.0. The van der Waals surface area contributed by atoms with Crippen molar-refractivity contribution in [1.82, 2.24) is 16.0 Å². The number of carbonyl (C=O) groups is 5. The summed E-state index contributed by atoms with van der Waals surface area (Å²) in [6.07, 6.45) is 0.0197. The first kappa shape index (κ1) is 22.3. The zero-order valence-corrected chi connectivity index (χ0v) is 14.2. The number of aliphatic carboxylic acids is 1. The summed E-state index contributed by atoms with van der Waals surface area (Å²) in [5.74, 6) is -4.45. The summed E-state index contributed by atoms with van der Waals surface area (Å²) in [5.41, 5.74) is 10.1. The Labute approximate surface area is 144 Å². The fourth-order valence-corrected chi connectivity index (χ4v) is 1.86. The van der Waals surface area contributed by atoms with Crippen LogP contribution in [0.2, 0.25) is 0 Å². The summed E-state index contributed by atoms with van der Waals surface area (Å²) >= 11 is 0. The van der Waals surface area contributed by atoms with Gasteiger partial charge in [-0.25, -0.2) is 4.79 Å². The van der Waals surface area contributed by atoms with E-state index in [1.807, 2.05) is 6.92 Å². The van der Waals surface area contributed by atoms with E-state index >= 15 is 0 Å². The molecule has 4 amide bonds. The van der Waals surface area contributed by atoms with Gasteiger partial charge in [0.15, 0.2) is 0 Å². The Morgan fingerprint density at radius 2 is 1.68 bits per heavy atom. The molecule has 3 unspecified atom stereocenters. The molecule has 0 aliphatic rings. The van der Waals surface area contributed by atoms with Crippen LogP contribution in [0.15, 0.2) is 0 Å². The van der Waals surface area contributed by atoms with Gasteiger partial charge in [-0.05, 0) is 5.92 Å². The molecule has 0 rings (SSSR count). The van der Waals surface area contributed by atoms with Gasteiger partial charge in [-0.1, -0.05) is 20.3 Å². The third kappa shape index (κ3) is 8.65. The fraction of sp³-hybridized carbons (Fsp3) is 0.643. The molecule has 3 atom stereocenters. The van der Waals surface area contributed by atoms with E-state index in [2.05, 4.69) is 16.0 Å². The monoisotopic (exact) mass is 359 g/mol. The first-order valence-electron chi connectivity index (χ1n) is 7.69.